The highest BCUT2D eigenvalue weighted by molar-refractivity contribution is 5.88. The Balaban J connectivity index is 2.28. The monoisotopic (exact) mass is 285 g/mol. The minimum absolute atomic E-state index is 0.135. The molecular weight excluding hydrogens is 272 g/mol. The normalized spacial score (nSPS) is 10.8. The van der Waals surface area contributed by atoms with Gasteiger partial charge in [0.25, 0.3) is 0 Å². The van der Waals surface area contributed by atoms with Crippen molar-refractivity contribution in [3.05, 3.63) is 59.7 Å². The van der Waals surface area contributed by atoms with Crippen molar-refractivity contribution in [1.82, 2.24) is 10.2 Å². The van der Waals surface area contributed by atoms with Crippen LogP contribution in [0.3, 0.4) is 0 Å². The van der Waals surface area contributed by atoms with Crippen LogP contribution in [0.25, 0.3) is 22.4 Å². The third-order valence-corrected chi connectivity index (χ3v) is 3.40. The summed E-state index contributed by atoms with van der Waals surface area (Å²) in [4.78, 5) is 0. The number of hydrogen-bond acceptors (Lipinski definition) is 2. The molecule has 1 aromatic heterocycles. The zero-order chi connectivity index (χ0) is 15.0. The molecule has 3 nitrogen and oxygen atoms in total. The van der Waals surface area contributed by atoms with Gasteiger partial charge < -0.3 is 5.73 Å². The van der Waals surface area contributed by atoms with Crippen molar-refractivity contribution in [3.8, 4) is 22.4 Å². The summed E-state index contributed by atoms with van der Waals surface area (Å²) in [6, 6.07) is 11.2. The number of aromatic nitrogens is 2. The molecule has 2 aromatic carbocycles. The minimum Gasteiger partial charge on any atom is -0.382 e. The number of H-pyrrole nitrogens is 1. The van der Waals surface area contributed by atoms with Crippen molar-refractivity contribution in [2.24, 2.45) is 0 Å². The van der Waals surface area contributed by atoms with Crippen LogP contribution in [0.15, 0.2) is 42.5 Å². The Hall–Kier alpha value is -2.69. The van der Waals surface area contributed by atoms with E-state index in [-0.39, 0.29) is 11.6 Å². The molecule has 0 saturated heterocycles. The van der Waals surface area contributed by atoms with E-state index in [1.54, 1.807) is 43.3 Å². The summed E-state index contributed by atoms with van der Waals surface area (Å²) in [5.41, 5.74) is 7.69. The standard InChI is InChI=1S/C16H13F2N3/c1-9-5-4-7-11(14(9)18)15-13(16(19)21-20-15)10-6-2-3-8-12(10)17/h2-8H,1H3,(H3,19,20,21). The number of nitrogens with one attached hydrogen (secondary N) is 1. The molecule has 21 heavy (non-hydrogen) atoms. The van der Waals surface area contributed by atoms with Crippen LogP contribution in [0.5, 0.6) is 0 Å². The zero-order valence-electron chi connectivity index (χ0n) is 11.3. The fraction of sp³-hybridized carbons (Fsp3) is 0.0625. The first kappa shape index (κ1) is 13.3. The van der Waals surface area contributed by atoms with Gasteiger partial charge in [-0.2, -0.15) is 5.10 Å². The highest BCUT2D eigenvalue weighted by atomic mass is 19.1. The number of nitrogens with zero attached hydrogens (tertiary/aromatic N) is 1. The lowest BCUT2D eigenvalue weighted by molar-refractivity contribution is 0.621. The lowest BCUT2D eigenvalue weighted by atomic mass is 9.99. The number of rotatable bonds is 2. The minimum atomic E-state index is -0.431. The SMILES string of the molecule is Cc1cccc(-c2[nH]nc(N)c2-c2ccccc2F)c1F. The van der Waals surface area contributed by atoms with Crippen molar-refractivity contribution in [2.45, 2.75) is 6.92 Å². The molecule has 3 aromatic rings. The van der Waals surface area contributed by atoms with Crippen molar-refractivity contribution in [3.63, 3.8) is 0 Å². The van der Waals surface area contributed by atoms with E-state index in [0.717, 1.165) is 0 Å². The molecule has 1 heterocycles. The van der Waals surface area contributed by atoms with Gasteiger partial charge in [-0.1, -0.05) is 30.3 Å². The van der Waals surface area contributed by atoms with Gasteiger partial charge in [0, 0.05) is 11.1 Å². The molecule has 0 unspecified atom stereocenters. The van der Waals surface area contributed by atoms with E-state index >= 15 is 0 Å². The van der Waals surface area contributed by atoms with Gasteiger partial charge in [0.05, 0.1) is 11.3 Å². The predicted octanol–water partition coefficient (Wildman–Crippen LogP) is 3.91. The summed E-state index contributed by atoms with van der Waals surface area (Å²) >= 11 is 0. The molecule has 0 radical (unpaired) electrons. The van der Waals surface area contributed by atoms with Gasteiger partial charge in [-0.25, -0.2) is 8.78 Å². The van der Waals surface area contributed by atoms with E-state index in [1.165, 1.54) is 6.07 Å². The maximum Gasteiger partial charge on any atom is 0.153 e. The van der Waals surface area contributed by atoms with Crippen LogP contribution in [-0.2, 0) is 0 Å². The van der Waals surface area contributed by atoms with E-state index in [9.17, 15) is 8.78 Å². The molecule has 3 rings (SSSR count). The van der Waals surface area contributed by atoms with E-state index in [1.807, 2.05) is 0 Å². The van der Waals surface area contributed by atoms with Crippen molar-refractivity contribution in [1.29, 1.82) is 0 Å². The number of halogens is 2. The maximum atomic E-state index is 14.3. The second-order valence-corrected chi connectivity index (χ2v) is 4.78. The first-order valence-electron chi connectivity index (χ1n) is 6.44. The van der Waals surface area contributed by atoms with Crippen molar-refractivity contribution < 1.29 is 8.78 Å². The Morgan fingerprint density at radius 3 is 2.48 bits per heavy atom. The number of benzene rings is 2. The second-order valence-electron chi connectivity index (χ2n) is 4.78. The molecule has 0 bridgehead atoms. The van der Waals surface area contributed by atoms with E-state index in [2.05, 4.69) is 10.2 Å². The van der Waals surface area contributed by atoms with Crippen LogP contribution < -0.4 is 5.73 Å². The molecule has 0 aliphatic carbocycles. The van der Waals surface area contributed by atoms with Crippen LogP contribution in [0.4, 0.5) is 14.6 Å². The highest BCUT2D eigenvalue weighted by Gasteiger charge is 2.20. The van der Waals surface area contributed by atoms with Gasteiger partial charge in [0.15, 0.2) is 5.82 Å². The molecule has 0 fully saturated rings. The molecule has 0 amide bonds. The van der Waals surface area contributed by atoms with E-state index in [0.29, 0.717) is 27.9 Å². The van der Waals surface area contributed by atoms with Crippen LogP contribution in [0, 0.1) is 18.6 Å². The highest BCUT2D eigenvalue weighted by Crippen LogP contribution is 2.37. The molecule has 5 heteroatoms. The Kier molecular flexibility index (Phi) is 3.17. The number of aromatic amines is 1. The van der Waals surface area contributed by atoms with E-state index in [4.69, 9.17) is 5.73 Å². The maximum absolute atomic E-state index is 14.3. The van der Waals surface area contributed by atoms with Crippen LogP contribution in [0.1, 0.15) is 5.56 Å². The predicted molar refractivity (Wildman–Crippen MR) is 78.5 cm³/mol. The van der Waals surface area contributed by atoms with Gasteiger partial charge in [-0.05, 0) is 24.6 Å². The quantitative estimate of drug-likeness (QED) is 0.750. The van der Waals surface area contributed by atoms with Gasteiger partial charge in [0.2, 0.25) is 0 Å². The number of nitrogen functional groups attached to an aromatic ring is 1. The van der Waals surface area contributed by atoms with Crippen LogP contribution in [-0.4, -0.2) is 10.2 Å². The average molecular weight is 285 g/mol. The topological polar surface area (TPSA) is 54.7 Å². The number of nitrogens with two attached hydrogens (primary N) is 1. The first-order chi connectivity index (χ1) is 10.1. The summed E-state index contributed by atoms with van der Waals surface area (Å²) in [5, 5.41) is 6.60. The molecule has 0 aliphatic heterocycles. The fourth-order valence-corrected chi connectivity index (χ4v) is 2.33. The molecule has 0 spiro atoms. The smallest absolute Gasteiger partial charge is 0.153 e. The second kappa shape index (κ2) is 5.01. The molecular formula is C16H13F2N3. The first-order valence-corrected chi connectivity index (χ1v) is 6.44. The van der Waals surface area contributed by atoms with Gasteiger partial charge in [-0.3, -0.25) is 5.10 Å². The van der Waals surface area contributed by atoms with Gasteiger partial charge in [-0.15, -0.1) is 0 Å². The number of aryl methyl sites for hydroxylation is 1. The fourth-order valence-electron chi connectivity index (χ4n) is 2.33. The number of hydrogen-bond donors (Lipinski definition) is 2. The van der Waals surface area contributed by atoms with Crippen molar-refractivity contribution in [2.75, 3.05) is 5.73 Å². The van der Waals surface area contributed by atoms with Gasteiger partial charge >= 0.3 is 0 Å². The molecule has 106 valence electrons. The molecule has 0 atom stereocenters. The lowest BCUT2D eigenvalue weighted by Crippen LogP contribution is -1.93. The Morgan fingerprint density at radius 1 is 1.00 bits per heavy atom. The summed E-state index contributed by atoms with van der Waals surface area (Å²) in [7, 11) is 0. The van der Waals surface area contributed by atoms with Crippen LogP contribution >= 0.6 is 0 Å². The summed E-state index contributed by atoms with van der Waals surface area (Å²) in [5.74, 6) is -0.672. The van der Waals surface area contributed by atoms with Crippen LogP contribution in [0.2, 0.25) is 0 Å². The van der Waals surface area contributed by atoms with E-state index < -0.39 is 5.82 Å². The Morgan fingerprint density at radius 2 is 1.71 bits per heavy atom. The summed E-state index contributed by atoms with van der Waals surface area (Å²) < 4.78 is 28.3. The summed E-state index contributed by atoms with van der Waals surface area (Å²) in [6.45, 7) is 1.67. The largest absolute Gasteiger partial charge is 0.382 e. The molecule has 0 aliphatic rings. The average Bonchev–Trinajstić information content (AvgIpc) is 2.84. The van der Waals surface area contributed by atoms with Crippen molar-refractivity contribution >= 4 is 5.82 Å². The third-order valence-electron chi connectivity index (χ3n) is 3.40. The zero-order valence-corrected chi connectivity index (χ0v) is 11.3. The Bertz CT molecular complexity index is 809. The lowest BCUT2D eigenvalue weighted by Gasteiger charge is -2.08. The Labute approximate surface area is 120 Å². The number of anilines is 1. The summed E-state index contributed by atoms with van der Waals surface area (Å²) in [6.07, 6.45) is 0. The molecule has 3 N–H and O–H groups in total. The third kappa shape index (κ3) is 2.16. The molecule has 0 saturated carbocycles. The van der Waals surface area contributed by atoms with Gasteiger partial charge in [0.1, 0.15) is 11.6 Å².